The van der Waals surface area contributed by atoms with Crippen LogP contribution in [0.15, 0.2) is 54.9 Å². The van der Waals surface area contributed by atoms with Crippen LogP contribution in [0.1, 0.15) is 16.8 Å². The Balaban J connectivity index is 1.46. The van der Waals surface area contributed by atoms with Gasteiger partial charge in [-0.15, -0.1) is 0 Å². The number of hydrogen-bond acceptors (Lipinski definition) is 7. The molecule has 0 fully saturated rings. The first-order valence-corrected chi connectivity index (χ1v) is 9.95. The fraction of sp³-hybridized carbons (Fsp3) is 0.136. The van der Waals surface area contributed by atoms with E-state index >= 15 is 0 Å². The fourth-order valence-electron chi connectivity index (χ4n) is 3.52. The van der Waals surface area contributed by atoms with E-state index in [9.17, 15) is 4.79 Å². The van der Waals surface area contributed by atoms with E-state index in [-0.39, 0.29) is 5.56 Å². The summed E-state index contributed by atoms with van der Waals surface area (Å²) in [6.45, 7) is 1.53. The molecule has 6 N–H and O–H groups in total. The minimum atomic E-state index is -0.610. The number of hydrogen-bond donors (Lipinski definition) is 5. The van der Waals surface area contributed by atoms with Crippen LogP contribution in [0, 0.1) is 0 Å². The van der Waals surface area contributed by atoms with Crippen molar-refractivity contribution in [1.82, 2.24) is 15.0 Å². The van der Waals surface area contributed by atoms with Crippen LogP contribution in [0.25, 0.3) is 10.9 Å². The number of nitrogens with one attached hydrogen (secondary N) is 4. The molecule has 3 heterocycles. The Labute approximate surface area is 178 Å². The third kappa shape index (κ3) is 3.80. The molecular weight excluding hydrogens is 394 g/mol. The lowest BCUT2D eigenvalue weighted by atomic mass is 10.2. The number of nitrogens with zero attached hydrogens (tertiary/aromatic N) is 2. The van der Waals surface area contributed by atoms with Gasteiger partial charge in [-0.2, -0.15) is 4.98 Å². The SMILES string of the molecule is NC(=O)c1cnc(Nc2ccc3c(c2)NCCCO3)nc1Nc1cccc2[nH]ccc12. The van der Waals surface area contributed by atoms with Gasteiger partial charge in [0.05, 0.1) is 12.3 Å². The van der Waals surface area contributed by atoms with Crippen LogP contribution in [0.4, 0.5) is 28.8 Å². The van der Waals surface area contributed by atoms with E-state index in [2.05, 4.69) is 30.9 Å². The molecule has 5 rings (SSSR count). The van der Waals surface area contributed by atoms with Gasteiger partial charge < -0.3 is 31.4 Å². The summed E-state index contributed by atoms with van der Waals surface area (Å²) < 4.78 is 5.72. The van der Waals surface area contributed by atoms with E-state index < -0.39 is 5.91 Å². The van der Waals surface area contributed by atoms with Gasteiger partial charge in [-0.25, -0.2) is 4.98 Å². The van der Waals surface area contributed by atoms with Crippen molar-refractivity contribution in [2.45, 2.75) is 6.42 Å². The number of aromatic amines is 1. The number of nitrogens with two attached hydrogens (primary N) is 1. The second-order valence-corrected chi connectivity index (χ2v) is 7.15. The van der Waals surface area contributed by atoms with Gasteiger partial charge in [-0.1, -0.05) is 6.07 Å². The van der Waals surface area contributed by atoms with Gasteiger partial charge in [0, 0.05) is 41.2 Å². The average Bonchev–Trinajstić information content (AvgIpc) is 3.13. The lowest BCUT2D eigenvalue weighted by molar-refractivity contribution is 0.100. The van der Waals surface area contributed by atoms with Crippen molar-refractivity contribution in [3.63, 3.8) is 0 Å². The minimum absolute atomic E-state index is 0.204. The zero-order valence-electron chi connectivity index (χ0n) is 16.6. The van der Waals surface area contributed by atoms with E-state index in [1.807, 2.05) is 48.7 Å². The topological polar surface area (TPSA) is 130 Å². The zero-order valence-corrected chi connectivity index (χ0v) is 16.6. The van der Waals surface area contributed by atoms with Crippen molar-refractivity contribution in [3.05, 3.63) is 60.4 Å². The third-order valence-corrected chi connectivity index (χ3v) is 5.03. The molecule has 1 aliphatic rings. The highest BCUT2D eigenvalue weighted by Crippen LogP contribution is 2.31. The number of ether oxygens (including phenoxy) is 1. The Hall–Kier alpha value is -4.27. The van der Waals surface area contributed by atoms with Crippen LogP contribution in [0.5, 0.6) is 5.75 Å². The maximum Gasteiger partial charge on any atom is 0.254 e. The number of H-pyrrole nitrogens is 1. The lowest BCUT2D eigenvalue weighted by Crippen LogP contribution is -2.15. The van der Waals surface area contributed by atoms with Gasteiger partial charge in [0.2, 0.25) is 5.95 Å². The molecule has 2 aromatic heterocycles. The largest absolute Gasteiger partial charge is 0.491 e. The van der Waals surface area contributed by atoms with Gasteiger partial charge in [0.1, 0.15) is 17.1 Å². The number of carbonyl (C=O) groups excluding carboxylic acids is 1. The minimum Gasteiger partial charge on any atom is -0.491 e. The standard InChI is InChI=1S/C22H21N7O2/c23-20(30)15-12-26-22(27-13-5-6-19-18(11-13)24-8-2-10-31-19)29-21(15)28-17-4-1-3-16-14(17)7-9-25-16/h1,3-7,9,11-12,24-25H,2,8,10H2,(H2,23,30)(H2,26,27,28,29). The van der Waals surface area contributed by atoms with Crippen LogP contribution in [-0.4, -0.2) is 34.0 Å². The van der Waals surface area contributed by atoms with Crippen molar-refractivity contribution in [2.75, 3.05) is 29.1 Å². The van der Waals surface area contributed by atoms with Crippen LogP contribution >= 0.6 is 0 Å². The highest BCUT2D eigenvalue weighted by atomic mass is 16.5. The number of primary amides is 1. The first-order valence-electron chi connectivity index (χ1n) is 9.95. The molecule has 0 saturated heterocycles. The Morgan fingerprint density at radius 2 is 2.10 bits per heavy atom. The number of anilines is 5. The predicted molar refractivity (Wildman–Crippen MR) is 120 cm³/mol. The summed E-state index contributed by atoms with van der Waals surface area (Å²) in [6.07, 6.45) is 4.22. The van der Waals surface area contributed by atoms with Crippen molar-refractivity contribution >= 4 is 45.6 Å². The van der Waals surface area contributed by atoms with Gasteiger partial charge >= 0.3 is 0 Å². The van der Waals surface area contributed by atoms with E-state index in [1.165, 1.54) is 6.20 Å². The predicted octanol–water partition coefficient (Wildman–Crippen LogP) is 3.74. The summed E-state index contributed by atoms with van der Waals surface area (Å²) >= 11 is 0. The molecule has 0 unspecified atom stereocenters. The van der Waals surface area contributed by atoms with Crippen molar-refractivity contribution < 1.29 is 9.53 Å². The smallest absolute Gasteiger partial charge is 0.254 e. The number of amides is 1. The monoisotopic (exact) mass is 415 g/mol. The molecule has 1 amide bonds. The summed E-state index contributed by atoms with van der Waals surface area (Å²) in [5.41, 5.74) is 9.23. The fourth-order valence-corrected chi connectivity index (χ4v) is 3.52. The molecule has 0 saturated carbocycles. The number of rotatable bonds is 5. The number of fused-ring (bicyclic) bond motifs is 2. The Morgan fingerprint density at radius 1 is 1.16 bits per heavy atom. The number of aromatic nitrogens is 3. The summed E-state index contributed by atoms with van der Waals surface area (Å²) in [4.78, 5) is 23.9. The third-order valence-electron chi connectivity index (χ3n) is 5.03. The molecule has 0 atom stereocenters. The Morgan fingerprint density at radius 3 is 3.00 bits per heavy atom. The molecule has 0 bridgehead atoms. The van der Waals surface area contributed by atoms with Crippen LogP contribution in [0.2, 0.25) is 0 Å². The molecule has 4 aromatic rings. The van der Waals surface area contributed by atoms with E-state index in [0.717, 1.165) is 46.7 Å². The summed E-state index contributed by atoms with van der Waals surface area (Å²) in [5.74, 6) is 0.870. The van der Waals surface area contributed by atoms with Gasteiger partial charge in [0.15, 0.2) is 0 Å². The molecule has 0 aliphatic carbocycles. The zero-order chi connectivity index (χ0) is 21.2. The summed E-state index contributed by atoms with van der Waals surface area (Å²) in [7, 11) is 0. The molecule has 2 aromatic carbocycles. The Bertz CT molecular complexity index is 1270. The van der Waals surface area contributed by atoms with Crippen molar-refractivity contribution in [1.29, 1.82) is 0 Å². The molecule has 1 aliphatic heterocycles. The quantitative estimate of drug-likeness (QED) is 0.336. The maximum atomic E-state index is 11.9. The Kier molecular flexibility index (Phi) is 4.75. The number of carbonyl (C=O) groups is 1. The number of benzene rings is 2. The van der Waals surface area contributed by atoms with E-state index in [4.69, 9.17) is 10.5 Å². The molecular formula is C22H21N7O2. The van der Waals surface area contributed by atoms with Crippen LogP contribution < -0.4 is 26.4 Å². The molecule has 9 heteroatoms. The first-order chi connectivity index (χ1) is 15.2. The lowest BCUT2D eigenvalue weighted by Gasteiger charge is -2.13. The van der Waals surface area contributed by atoms with Crippen LogP contribution in [-0.2, 0) is 0 Å². The maximum absolute atomic E-state index is 11.9. The van der Waals surface area contributed by atoms with Gasteiger partial charge in [-0.05, 0) is 42.8 Å². The summed E-state index contributed by atoms with van der Waals surface area (Å²) in [6, 6.07) is 13.5. The second kappa shape index (κ2) is 7.86. The molecule has 0 spiro atoms. The van der Waals surface area contributed by atoms with Crippen molar-refractivity contribution in [3.8, 4) is 5.75 Å². The molecule has 9 nitrogen and oxygen atoms in total. The normalized spacial score (nSPS) is 12.9. The van der Waals surface area contributed by atoms with Gasteiger partial charge in [0.25, 0.3) is 5.91 Å². The highest BCUT2D eigenvalue weighted by molar-refractivity contribution is 6.00. The van der Waals surface area contributed by atoms with Crippen LogP contribution in [0.3, 0.4) is 0 Å². The second-order valence-electron chi connectivity index (χ2n) is 7.15. The van der Waals surface area contributed by atoms with Gasteiger partial charge in [-0.3, -0.25) is 4.79 Å². The first kappa shape index (κ1) is 18.7. The molecule has 0 radical (unpaired) electrons. The van der Waals surface area contributed by atoms with E-state index in [0.29, 0.717) is 18.4 Å². The highest BCUT2D eigenvalue weighted by Gasteiger charge is 2.15. The van der Waals surface area contributed by atoms with Crippen molar-refractivity contribution in [2.24, 2.45) is 5.73 Å². The average molecular weight is 415 g/mol. The summed E-state index contributed by atoms with van der Waals surface area (Å²) in [5, 5.41) is 10.7. The molecule has 156 valence electrons. The van der Waals surface area contributed by atoms with E-state index in [1.54, 1.807) is 0 Å². The molecule has 31 heavy (non-hydrogen) atoms.